The molecule has 0 heterocycles. The van der Waals surface area contributed by atoms with E-state index in [-0.39, 0.29) is 23.7 Å². The monoisotopic (exact) mass is 335 g/mol. The standard InChI is InChI=1S/C11H14ClN3O5S/c1-21(19,20)14-7-3-6-13-11(16)8-4-2-5-9(12)10(8)15(17)18/h2,4-5,14H,3,6-7H2,1H3,(H,13,16). The molecule has 21 heavy (non-hydrogen) atoms. The number of nitro benzene ring substituents is 1. The first kappa shape index (κ1) is 17.3. The first-order valence-electron chi connectivity index (χ1n) is 5.88. The maximum atomic E-state index is 11.9. The second-order valence-corrected chi connectivity index (χ2v) is 6.41. The van der Waals surface area contributed by atoms with E-state index in [0.717, 1.165) is 6.26 Å². The predicted molar refractivity (Wildman–Crippen MR) is 77.9 cm³/mol. The summed E-state index contributed by atoms with van der Waals surface area (Å²) in [6, 6.07) is 4.07. The third-order valence-electron chi connectivity index (χ3n) is 2.42. The maximum Gasteiger partial charge on any atom is 0.300 e. The second kappa shape index (κ2) is 7.34. The minimum atomic E-state index is -3.27. The number of halogens is 1. The van der Waals surface area contributed by atoms with Gasteiger partial charge in [-0.25, -0.2) is 13.1 Å². The van der Waals surface area contributed by atoms with Crippen LogP contribution in [-0.2, 0) is 10.0 Å². The van der Waals surface area contributed by atoms with Crippen molar-refractivity contribution in [1.82, 2.24) is 10.0 Å². The molecule has 1 aromatic carbocycles. The van der Waals surface area contributed by atoms with Crippen molar-refractivity contribution in [2.75, 3.05) is 19.3 Å². The van der Waals surface area contributed by atoms with Gasteiger partial charge in [0.15, 0.2) is 0 Å². The third kappa shape index (κ3) is 5.66. The van der Waals surface area contributed by atoms with Crippen LogP contribution in [0.3, 0.4) is 0 Å². The Hall–Kier alpha value is -1.71. The Morgan fingerprint density at radius 1 is 1.38 bits per heavy atom. The van der Waals surface area contributed by atoms with Crippen molar-refractivity contribution in [3.63, 3.8) is 0 Å². The molecule has 0 unspecified atom stereocenters. The number of nitrogens with one attached hydrogen (secondary N) is 2. The summed E-state index contributed by atoms with van der Waals surface area (Å²) in [7, 11) is -3.27. The zero-order valence-electron chi connectivity index (χ0n) is 11.1. The van der Waals surface area contributed by atoms with Crippen LogP contribution in [0.4, 0.5) is 5.69 Å². The van der Waals surface area contributed by atoms with Gasteiger partial charge in [-0.3, -0.25) is 14.9 Å². The van der Waals surface area contributed by atoms with E-state index in [2.05, 4.69) is 10.0 Å². The summed E-state index contributed by atoms with van der Waals surface area (Å²) in [6.07, 6.45) is 1.38. The number of nitrogens with zero attached hydrogens (tertiary/aromatic N) is 1. The van der Waals surface area contributed by atoms with Gasteiger partial charge in [-0.05, 0) is 18.6 Å². The molecule has 0 aliphatic heterocycles. The summed E-state index contributed by atoms with van der Waals surface area (Å²) in [5.41, 5.74) is -0.588. The molecule has 0 atom stereocenters. The van der Waals surface area contributed by atoms with E-state index in [1.54, 1.807) is 0 Å². The maximum absolute atomic E-state index is 11.9. The van der Waals surface area contributed by atoms with E-state index in [4.69, 9.17) is 11.6 Å². The molecule has 0 fully saturated rings. The molecule has 10 heteroatoms. The van der Waals surface area contributed by atoms with Gasteiger partial charge >= 0.3 is 5.69 Å². The van der Waals surface area contributed by atoms with Crippen molar-refractivity contribution >= 4 is 33.2 Å². The molecule has 1 amide bonds. The number of benzene rings is 1. The number of nitro groups is 1. The number of carbonyl (C=O) groups is 1. The SMILES string of the molecule is CS(=O)(=O)NCCCNC(=O)c1cccc(Cl)c1[N+](=O)[O-]. The Bertz CT molecular complexity index is 647. The van der Waals surface area contributed by atoms with E-state index < -0.39 is 26.5 Å². The number of amides is 1. The van der Waals surface area contributed by atoms with Gasteiger partial charge in [0, 0.05) is 13.1 Å². The molecule has 0 radical (unpaired) electrons. The zero-order chi connectivity index (χ0) is 16.0. The second-order valence-electron chi connectivity index (χ2n) is 4.17. The molecule has 0 saturated heterocycles. The van der Waals surface area contributed by atoms with E-state index in [0.29, 0.717) is 6.42 Å². The average molecular weight is 336 g/mol. The molecular weight excluding hydrogens is 322 g/mol. The number of rotatable bonds is 7. The summed E-state index contributed by atoms with van der Waals surface area (Å²) in [4.78, 5) is 22.0. The summed E-state index contributed by atoms with van der Waals surface area (Å²) in [5.74, 6) is -0.636. The van der Waals surface area contributed by atoms with Gasteiger partial charge < -0.3 is 5.32 Å². The largest absolute Gasteiger partial charge is 0.352 e. The van der Waals surface area contributed by atoms with Crippen molar-refractivity contribution < 1.29 is 18.1 Å². The lowest BCUT2D eigenvalue weighted by Crippen LogP contribution is -2.29. The van der Waals surface area contributed by atoms with Gasteiger partial charge in [0.05, 0.1) is 11.2 Å². The van der Waals surface area contributed by atoms with Crippen molar-refractivity contribution in [3.05, 3.63) is 38.9 Å². The number of hydrogen-bond acceptors (Lipinski definition) is 5. The average Bonchev–Trinajstić information content (AvgIpc) is 2.35. The molecule has 2 N–H and O–H groups in total. The zero-order valence-corrected chi connectivity index (χ0v) is 12.7. The lowest BCUT2D eigenvalue weighted by atomic mass is 10.1. The minimum Gasteiger partial charge on any atom is -0.352 e. The highest BCUT2D eigenvalue weighted by Crippen LogP contribution is 2.27. The van der Waals surface area contributed by atoms with E-state index in [9.17, 15) is 23.3 Å². The molecule has 8 nitrogen and oxygen atoms in total. The van der Waals surface area contributed by atoms with Gasteiger partial charge in [0.1, 0.15) is 10.6 Å². The van der Waals surface area contributed by atoms with E-state index >= 15 is 0 Å². The van der Waals surface area contributed by atoms with Crippen LogP contribution in [0.5, 0.6) is 0 Å². The van der Waals surface area contributed by atoms with Gasteiger partial charge in [-0.15, -0.1) is 0 Å². The van der Waals surface area contributed by atoms with Gasteiger partial charge in [0.2, 0.25) is 10.0 Å². The highest BCUT2D eigenvalue weighted by molar-refractivity contribution is 7.88. The fourth-order valence-corrected chi connectivity index (χ4v) is 2.29. The molecule has 116 valence electrons. The number of sulfonamides is 1. The van der Waals surface area contributed by atoms with Crippen LogP contribution < -0.4 is 10.0 Å². The minimum absolute atomic E-state index is 0.119. The lowest BCUT2D eigenvalue weighted by molar-refractivity contribution is -0.385. The van der Waals surface area contributed by atoms with Gasteiger partial charge in [0.25, 0.3) is 5.91 Å². The fraction of sp³-hybridized carbons (Fsp3) is 0.364. The first-order chi connectivity index (χ1) is 9.72. The number of carbonyl (C=O) groups excluding carboxylic acids is 1. The van der Waals surface area contributed by atoms with Crippen LogP contribution in [0.25, 0.3) is 0 Å². The Morgan fingerprint density at radius 3 is 2.62 bits per heavy atom. The van der Waals surface area contributed by atoms with Crippen molar-refractivity contribution in [3.8, 4) is 0 Å². The Kier molecular flexibility index (Phi) is 6.06. The van der Waals surface area contributed by atoms with Gasteiger partial charge in [-0.1, -0.05) is 17.7 Å². The molecule has 0 aliphatic rings. The van der Waals surface area contributed by atoms with E-state index in [1.807, 2.05) is 0 Å². The number of hydrogen-bond donors (Lipinski definition) is 2. The molecular formula is C11H14ClN3O5S. The molecule has 1 rings (SSSR count). The van der Waals surface area contributed by atoms with Crippen LogP contribution in [-0.4, -0.2) is 38.6 Å². The number of para-hydroxylation sites is 1. The van der Waals surface area contributed by atoms with Crippen molar-refractivity contribution in [2.24, 2.45) is 0 Å². The quantitative estimate of drug-likeness (QED) is 0.436. The Labute approximate surface area is 126 Å². The third-order valence-corrected chi connectivity index (χ3v) is 3.45. The van der Waals surface area contributed by atoms with Gasteiger partial charge in [-0.2, -0.15) is 0 Å². The van der Waals surface area contributed by atoms with Crippen LogP contribution >= 0.6 is 11.6 Å². The van der Waals surface area contributed by atoms with Crippen LogP contribution in [0.15, 0.2) is 18.2 Å². The Morgan fingerprint density at radius 2 is 2.05 bits per heavy atom. The summed E-state index contributed by atoms with van der Waals surface area (Å²) < 4.78 is 23.9. The first-order valence-corrected chi connectivity index (χ1v) is 8.15. The molecule has 1 aromatic rings. The van der Waals surface area contributed by atoms with Crippen molar-refractivity contribution in [1.29, 1.82) is 0 Å². The highest BCUT2D eigenvalue weighted by atomic mass is 35.5. The van der Waals surface area contributed by atoms with Crippen LogP contribution in [0.2, 0.25) is 5.02 Å². The van der Waals surface area contributed by atoms with E-state index in [1.165, 1.54) is 18.2 Å². The van der Waals surface area contributed by atoms with Crippen LogP contribution in [0, 0.1) is 10.1 Å². The topological polar surface area (TPSA) is 118 Å². The lowest BCUT2D eigenvalue weighted by Gasteiger charge is -2.07. The summed E-state index contributed by atoms with van der Waals surface area (Å²) in [5, 5.41) is 13.2. The predicted octanol–water partition coefficient (Wildman–Crippen LogP) is 0.917. The molecule has 0 aromatic heterocycles. The Balaban J connectivity index is 2.61. The normalized spacial score (nSPS) is 11.1. The molecule has 0 bridgehead atoms. The molecule has 0 aliphatic carbocycles. The van der Waals surface area contributed by atoms with Crippen LogP contribution in [0.1, 0.15) is 16.8 Å². The molecule has 0 spiro atoms. The fourth-order valence-electron chi connectivity index (χ4n) is 1.53. The summed E-state index contributed by atoms with van der Waals surface area (Å²) >= 11 is 5.70. The summed E-state index contributed by atoms with van der Waals surface area (Å²) in [6.45, 7) is 0.335. The molecule has 0 saturated carbocycles. The smallest absolute Gasteiger partial charge is 0.300 e. The highest BCUT2D eigenvalue weighted by Gasteiger charge is 2.23. The van der Waals surface area contributed by atoms with Crippen molar-refractivity contribution in [2.45, 2.75) is 6.42 Å².